The van der Waals surface area contributed by atoms with Crippen molar-refractivity contribution in [3.8, 4) is 5.75 Å². The van der Waals surface area contributed by atoms with Gasteiger partial charge in [0.1, 0.15) is 23.5 Å². The molecule has 150 valence electrons. The number of carbonyl (C=O) groups excluding carboxylic acids is 2. The Bertz CT molecular complexity index is 810. The van der Waals surface area contributed by atoms with Crippen LogP contribution in [0.15, 0.2) is 34.9 Å². The SMILES string of the molecule is CC1Oc2ccccc2C=C1C=NNC(=O)[C@@H]1CCCN1C(=O)OC(C)(C)C. The van der Waals surface area contributed by atoms with Crippen molar-refractivity contribution >= 4 is 24.3 Å². The smallest absolute Gasteiger partial charge is 0.410 e. The Morgan fingerprint density at radius 2 is 2.07 bits per heavy atom. The average molecular weight is 385 g/mol. The van der Waals surface area contributed by atoms with Crippen molar-refractivity contribution in [2.45, 2.75) is 58.3 Å². The van der Waals surface area contributed by atoms with Crippen molar-refractivity contribution < 1.29 is 19.1 Å². The highest BCUT2D eigenvalue weighted by molar-refractivity contribution is 5.91. The molecule has 0 aliphatic carbocycles. The van der Waals surface area contributed by atoms with E-state index in [1.165, 1.54) is 4.90 Å². The van der Waals surface area contributed by atoms with E-state index in [4.69, 9.17) is 9.47 Å². The maximum absolute atomic E-state index is 12.5. The van der Waals surface area contributed by atoms with Crippen LogP contribution < -0.4 is 10.2 Å². The minimum atomic E-state index is -0.598. The number of hydrogen-bond donors (Lipinski definition) is 1. The number of hydrazone groups is 1. The van der Waals surface area contributed by atoms with E-state index in [1.807, 2.05) is 37.3 Å². The first-order chi connectivity index (χ1) is 13.2. The third kappa shape index (κ3) is 4.71. The van der Waals surface area contributed by atoms with Gasteiger partial charge in [-0.25, -0.2) is 10.2 Å². The van der Waals surface area contributed by atoms with Crippen LogP contribution in [0.5, 0.6) is 5.75 Å². The van der Waals surface area contributed by atoms with Crippen molar-refractivity contribution in [2.24, 2.45) is 5.10 Å². The average Bonchev–Trinajstić information content (AvgIpc) is 3.10. The molecule has 1 saturated heterocycles. The van der Waals surface area contributed by atoms with Gasteiger partial charge in [0.2, 0.25) is 0 Å². The van der Waals surface area contributed by atoms with E-state index in [1.54, 1.807) is 27.0 Å². The van der Waals surface area contributed by atoms with E-state index in [9.17, 15) is 9.59 Å². The first-order valence-electron chi connectivity index (χ1n) is 9.54. The fraction of sp³-hybridized carbons (Fsp3) is 0.476. The van der Waals surface area contributed by atoms with Crippen molar-refractivity contribution in [3.63, 3.8) is 0 Å². The second-order valence-corrected chi connectivity index (χ2v) is 8.01. The van der Waals surface area contributed by atoms with Gasteiger partial charge in [0.05, 0.1) is 6.21 Å². The number of para-hydroxylation sites is 1. The van der Waals surface area contributed by atoms with Gasteiger partial charge >= 0.3 is 6.09 Å². The molecule has 1 unspecified atom stereocenters. The van der Waals surface area contributed by atoms with E-state index < -0.39 is 17.7 Å². The lowest BCUT2D eigenvalue weighted by molar-refractivity contribution is -0.125. The van der Waals surface area contributed by atoms with E-state index >= 15 is 0 Å². The maximum Gasteiger partial charge on any atom is 0.410 e. The third-order valence-electron chi connectivity index (χ3n) is 4.59. The highest BCUT2D eigenvalue weighted by atomic mass is 16.6. The number of likely N-dealkylation sites (tertiary alicyclic amines) is 1. The normalized spacial score (nSPS) is 21.7. The molecule has 0 spiro atoms. The van der Waals surface area contributed by atoms with Crippen LogP contribution in [-0.4, -0.2) is 47.4 Å². The van der Waals surface area contributed by atoms with E-state index in [0.717, 1.165) is 23.3 Å². The number of nitrogens with one attached hydrogen (secondary N) is 1. The van der Waals surface area contributed by atoms with Crippen LogP contribution in [0.1, 0.15) is 46.1 Å². The zero-order chi connectivity index (χ0) is 20.3. The molecule has 1 aromatic carbocycles. The summed E-state index contributed by atoms with van der Waals surface area (Å²) in [4.78, 5) is 26.3. The number of carbonyl (C=O) groups is 2. The van der Waals surface area contributed by atoms with Gasteiger partial charge in [-0.1, -0.05) is 18.2 Å². The van der Waals surface area contributed by atoms with Gasteiger partial charge in [-0.15, -0.1) is 0 Å². The van der Waals surface area contributed by atoms with Gasteiger partial charge in [-0.3, -0.25) is 9.69 Å². The predicted molar refractivity (Wildman–Crippen MR) is 107 cm³/mol. The molecule has 0 radical (unpaired) electrons. The van der Waals surface area contributed by atoms with Gasteiger partial charge in [0.25, 0.3) is 5.91 Å². The lowest BCUT2D eigenvalue weighted by Gasteiger charge is -2.27. The van der Waals surface area contributed by atoms with E-state index in [2.05, 4.69) is 10.5 Å². The predicted octanol–water partition coefficient (Wildman–Crippen LogP) is 3.35. The molecule has 1 N–H and O–H groups in total. The van der Waals surface area contributed by atoms with Crippen LogP contribution >= 0.6 is 0 Å². The summed E-state index contributed by atoms with van der Waals surface area (Å²) in [6.07, 6.45) is 4.29. The number of ether oxygens (including phenoxy) is 2. The van der Waals surface area contributed by atoms with Crippen LogP contribution in [0.2, 0.25) is 0 Å². The van der Waals surface area contributed by atoms with Crippen molar-refractivity contribution in [3.05, 3.63) is 35.4 Å². The largest absolute Gasteiger partial charge is 0.485 e. The lowest BCUT2D eigenvalue weighted by atomic mass is 10.0. The Hall–Kier alpha value is -2.83. The number of amides is 2. The van der Waals surface area contributed by atoms with Crippen LogP contribution in [0.25, 0.3) is 6.08 Å². The minimum Gasteiger partial charge on any atom is -0.485 e. The van der Waals surface area contributed by atoms with Gasteiger partial charge < -0.3 is 9.47 Å². The Morgan fingerprint density at radius 3 is 2.82 bits per heavy atom. The Kier molecular flexibility index (Phi) is 5.72. The lowest BCUT2D eigenvalue weighted by Crippen LogP contribution is -2.46. The number of benzene rings is 1. The van der Waals surface area contributed by atoms with Gasteiger partial charge in [0, 0.05) is 17.7 Å². The summed E-state index contributed by atoms with van der Waals surface area (Å²) in [7, 11) is 0. The molecule has 0 aromatic heterocycles. The zero-order valence-corrected chi connectivity index (χ0v) is 16.8. The van der Waals surface area contributed by atoms with Crippen molar-refractivity contribution in [1.29, 1.82) is 0 Å². The summed E-state index contributed by atoms with van der Waals surface area (Å²) in [6.45, 7) is 7.85. The second kappa shape index (κ2) is 8.04. The third-order valence-corrected chi connectivity index (χ3v) is 4.59. The molecule has 0 bridgehead atoms. The van der Waals surface area contributed by atoms with Crippen molar-refractivity contribution in [2.75, 3.05) is 6.54 Å². The highest BCUT2D eigenvalue weighted by Crippen LogP contribution is 2.28. The highest BCUT2D eigenvalue weighted by Gasteiger charge is 2.36. The molecule has 7 heteroatoms. The molecule has 2 aliphatic heterocycles. The molecule has 0 saturated carbocycles. The first kappa shape index (κ1) is 19.9. The summed E-state index contributed by atoms with van der Waals surface area (Å²) in [5.41, 5.74) is 3.78. The number of rotatable bonds is 3. The summed E-state index contributed by atoms with van der Waals surface area (Å²) in [6, 6.07) is 7.18. The van der Waals surface area contributed by atoms with E-state index in [-0.39, 0.29) is 12.0 Å². The fourth-order valence-electron chi connectivity index (χ4n) is 3.23. The van der Waals surface area contributed by atoms with Crippen LogP contribution in [0.3, 0.4) is 0 Å². The first-order valence-corrected chi connectivity index (χ1v) is 9.54. The van der Waals surface area contributed by atoms with Crippen LogP contribution in [0.4, 0.5) is 4.79 Å². The minimum absolute atomic E-state index is 0.166. The molecular formula is C21H27N3O4. The quantitative estimate of drug-likeness (QED) is 0.639. The number of fused-ring (bicyclic) bond motifs is 1. The summed E-state index contributed by atoms with van der Waals surface area (Å²) in [5, 5.41) is 4.08. The fourth-order valence-corrected chi connectivity index (χ4v) is 3.23. The monoisotopic (exact) mass is 385 g/mol. The van der Waals surface area contributed by atoms with Crippen LogP contribution in [0, 0.1) is 0 Å². The van der Waals surface area contributed by atoms with E-state index in [0.29, 0.717) is 13.0 Å². The Labute approximate surface area is 165 Å². The standard InChI is InChI=1S/C21H27N3O4/c1-14-16(12-15-8-5-6-10-18(15)27-14)13-22-23-19(25)17-9-7-11-24(17)20(26)28-21(2,3)4/h5-6,8,10,12-14,17H,7,9,11H2,1-4H3,(H,23,25)/t14?,17-/m0/s1. The Balaban J connectivity index is 1.62. The maximum atomic E-state index is 12.5. The summed E-state index contributed by atoms with van der Waals surface area (Å²) >= 11 is 0. The van der Waals surface area contributed by atoms with Gasteiger partial charge in [-0.05, 0) is 52.7 Å². The molecule has 28 heavy (non-hydrogen) atoms. The summed E-state index contributed by atoms with van der Waals surface area (Å²) < 4.78 is 11.2. The Morgan fingerprint density at radius 1 is 1.32 bits per heavy atom. The van der Waals surface area contributed by atoms with Gasteiger partial charge in [-0.2, -0.15) is 5.10 Å². The molecule has 2 aliphatic rings. The molecule has 1 fully saturated rings. The molecule has 3 rings (SSSR count). The molecule has 7 nitrogen and oxygen atoms in total. The zero-order valence-electron chi connectivity index (χ0n) is 16.8. The van der Waals surface area contributed by atoms with Crippen LogP contribution in [-0.2, 0) is 9.53 Å². The molecule has 2 atom stereocenters. The second-order valence-electron chi connectivity index (χ2n) is 8.01. The topological polar surface area (TPSA) is 80.2 Å². The van der Waals surface area contributed by atoms with Gasteiger partial charge in [0.15, 0.2) is 0 Å². The van der Waals surface area contributed by atoms with Crippen molar-refractivity contribution in [1.82, 2.24) is 10.3 Å². The molecule has 2 heterocycles. The molecule has 1 aromatic rings. The summed E-state index contributed by atoms with van der Waals surface area (Å²) in [5.74, 6) is 0.514. The molecular weight excluding hydrogens is 358 g/mol. The number of hydrogen-bond acceptors (Lipinski definition) is 5. The molecule has 2 amide bonds. The number of nitrogens with zero attached hydrogens (tertiary/aromatic N) is 2.